The molecule has 9 heteroatoms. The van der Waals surface area contributed by atoms with E-state index in [9.17, 15) is 18.8 Å². The molecule has 1 fully saturated rings. The Labute approximate surface area is 250 Å². The Hall–Kier alpha value is -3.85. The molecule has 42 heavy (non-hydrogen) atoms. The summed E-state index contributed by atoms with van der Waals surface area (Å²) in [6.07, 6.45) is 2.52. The number of Topliss-reactive ketones (excluding diaryl/α,β-unsaturated/α-hetero) is 1. The van der Waals surface area contributed by atoms with Crippen molar-refractivity contribution in [2.24, 2.45) is 11.8 Å². The van der Waals surface area contributed by atoms with Gasteiger partial charge in [-0.2, -0.15) is 0 Å². The highest BCUT2D eigenvalue weighted by molar-refractivity contribution is 7.98. The molecule has 1 aliphatic rings. The number of amides is 1. The lowest BCUT2D eigenvalue weighted by Crippen LogP contribution is -2.40. The number of nitrogens with zero attached hydrogens (tertiary/aromatic N) is 1. The predicted molar refractivity (Wildman–Crippen MR) is 160 cm³/mol. The molecule has 3 aromatic carbocycles. The second-order valence-electron chi connectivity index (χ2n) is 10.7. The molecular formula is C33H36FNO6S. The number of ether oxygens (including phenoxy) is 3. The Morgan fingerprint density at radius 3 is 2.36 bits per heavy atom. The zero-order chi connectivity index (χ0) is 30.3. The van der Waals surface area contributed by atoms with Crippen LogP contribution < -0.4 is 9.47 Å². The number of hydrogen-bond donors (Lipinski definition) is 0. The normalized spacial score (nSPS) is 16.6. The SMILES string of the molecule is CCOC(=O)C(C)(C)Oc1ccc(CC[C@H]2CN(C(=O)Oc3ccccc3)CC2C(=O)c2ccc(SC)cc2)cc1F. The average molecular weight is 594 g/mol. The summed E-state index contributed by atoms with van der Waals surface area (Å²) < 4.78 is 31.2. The van der Waals surface area contributed by atoms with E-state index < -0.39 is 29.4 Å². The lowest BCUT2D eigenvalue weighted by atomic mass is 9.85. The van der Waals surface area contributed by atoms with Crippen molar-refractivity contribution in [3.05, 3.63) is 89.7 Å². The molecule has 4 rings (SSSR count). The van der Waals surface area contributed by atoms with Crippen LogP contribution in [-0.2, 0) is 16.0 Å². The molecule has 1 heterocycles. The number of carbonyl (C=O) groups is 3. The van der Waals surface area contributed by atoms with Crippen LogP contribution in [0.5, 0.6) is 11.5 Å². The van der Waals surface area contributed by atoms with Crippen LogP contribution in [0.1, 0.15) is 43.1 Å². The smallest absolute Gasteiger partial charge is 0.415 e. The lowest BCUT2D eigenvalue weighted by Gasteiger charge is -2.24. The summed E-state index contributed by atoms with van der Waals surface area (Å²) in [6, 6.07) is 20.9. The summed E-state index contributed by atoms with van der Waals surface area (Å²) >= 11 is 1.60. The highest BCUT2D eigenvalue weighted by atomic mass is 32.2. The molecule has 0 saturated carbocycles. The van der Waals surface area contributed by atoms with Gasteiger partial charge in [-0.15, -0.1) is 11.8 Å². The number of esters is 1. The number of thioether (sulfide) groups is 1. The highest BCUT2D eigenvalue weighted by Crippen LogP contribution is 2.33. The number of hydrogen-bond acceptors (Lipinski definition) is 7. The molecule has 1 amide bonds. The zero-order valence-electron chi connectivity index (χ0n) is 24.3. The number of ketones is 1. The van der Waals surface area contributed by atoms with E-state index in [0.717, 1.165) is 10.5 Å². The fourth-order valence-electron chi connectivity index (χ4n) is 4.99. The Kier molecular flexibility index (Phi) is 10.3. The van der Waals surface area contributed by atoms with E-state index in [2.05, 4.69) is 0 Å². The van der Waals surface area contributed by atoms with E-state index in [1.807, 2.05) is 36.6 Å². The first kappa shape index (κ1) is 31.1. The van der Waals surface area contributed by atoms with E-state index in [4.69, 9.17) is 14.2 Å². The van der Waals surface area contributed by atoms with E-state index in [1.54, 1.807) is 53.9 Å². The summed E-state index contributed by atoms with van der Waals surface area (Å²) in [4.78, 5) is 41.4. The van der Waals surface area contributed by atoms with Crippen molar-refractivity contribution in [1.82, 2.24) is 4.90 Å². The third kappa shape index (κ3) is 7.70. The third-order valence-corrected chi connectivity index (χ3v) is 8.03. The van der Waals surface area contributed by atoms with Gasteiger partial charge >= 0.3 is 12.1 Å². The Balaban J connectivity index is 1.47. The first-order chi connectivity index (χ1) is 20.1. The maximum atomic E-state index is 15.0. The lowest BCUT2D eigenvalue weighted by molar-refractivity contribution is -0.158. The maximum absolute atomic E-state index is 15.0. The molecule has 7 nitrogen and oxygen atoms in total. The summed E-state index contributed by atoms with van der Waals surface area (Å²) in [6.45, 7) is 5.53. The molecule has 0 aliphatic carbocycles. The van der Waals surface area contributed by atoms with E-state index in [1.165, 1.54) is 26.0 Å². The van der Waals surface area contributed by atoms with Crippen molar-refractivity contribution in [3.63, 3.8) is 0 Å². The van der Waals surface area contributed by atoms with Gasteiger partial charge in [0.1, 0.15) is 5.75 Å². The minimum atomic E-state index is -1.35. The fraction of sp³-hybridized carbons (Fsp3) is 0.364. The van der Waals surface area contributed by atoms with Crippen LogP contribution in [0.3, 0.4) is 0 Å². The van der Waals surface area contributed by atoms with Gasteiger partial charge in [0, 0.05) is 29.5 Å². The molecule has 1 saturated heterocycles. The molecule has 222 valence electrons. The van der Waals surface area contributed by atoms with Crippen molar-refractivity contribution in [2.75, 3.05) is 26.0 Å². The molecule has 3 aromatic rings. The number of rotatable bonds is 11. The van der Waals surface area contributed by atoms with E-state index in [-0.39, 0.29) is 30.6 Å². The van der Waals surface area contributed by atoms with Gasteiger partial charge in [0.05, 0.1) is 6.61 Å². The topological polar surface area (TPSA) is 82.1 Å². The minimum absolute atomic E-state index is 0.0289. The van der Waals surface area contributed by atoms with Crippen LogP contribution in [0.15, 0.2) is 77.7 Å². The molecule has 0 spiro atoms. The number of carbonyl (C=O) groups excluding carboxylic acids is 3. The standard InChI is InChI=1S/C33H36FNO6S/c1-5-39-31(37)33(2,3)41-29-18-12-22(19-28(29)34)11-13-24-20-35(32(38)40-25-9-7-6-8-10-25)21-27(24)30(36)23-14-16-26(42-4)17-15-23/h6-10,12,14-19,24,27H,5,11,13,20-21H2,1-4H3/t24-,27?/m0/s1. The van der Waals surface area contributed by atoms with Gasteiger partial charge < -0.3 is 19.1 Å². The molecule has 0 bridgehead atoms. The number of aryl methyl sites for hydroxylation is 1. The first-order valence-corrected chi connectivity index (χ1v) is 15.2. The Morgan fingerprint density at radius 2 is 1.71 bits per heavy atom. The van der Waals surface area contributed by atoms with Gasteiger partial charge in [-0.25, -0.2) is 14.0 Å². The van der Waals surface area contributed by atoms with Gasteiger partial charge in [0.2, 0.25) is 0 Å². The number of likely N-dealkylation sites (tertiary alicyclic amines) is 1. The van der Waals surface area contributed by atoms with Crippen LogP contribution in [0.2, 0.25) is 0 Å². The van der Waals surface area contributed by atoms with Crippen LogP contribution in [0.25, 0.3) is 0 Å². The van der Waals surface area contributed by atoms with Gasteiger partial charge in [-0.3, -0.25) is 4.79 Å². The van der Waals surface area contributed by atoms with Crippen LogP contribution in [-0.4, -0.2) is 54.3 Å². The van der Waals surface area contributed by atoms with E-state index >= 15 is 0 Å². The second-order valence-corrected chi connectivity index (χ2v) is 11.6. The van der Waals surface area contributed by atoms with E-state index in [0.29, 0.717) is 30.7 Å². The summed E-state index contributed by atoms with van der Waals surface area (Å²) in [7, 11) is 0. The highest BCUT2D eigenvalue weighted by Gasteiger charge is 2.40. The molecule has 0 aromatic heterocycles. The second kappa shape index (κ2) is 13.9. The minimum Gasteiger partial charge on any atom is -0.473 e. The third-order valence-electron chi connectivity index (χ3n) is 7.29. The van der Waals surface area contributed by atoms with Gasteiger partial charge in [-0.05, 0) is 87.7 Å². The summed E-state index contributed by atoms with van der Waals surface area (Å²) in [5.41, 5.74) is -0.0331. The maximum Gasteiger partial charge on any atom is 0.415 e. The molecule has 0 N–H and O–H groups in total. The quantitative estimate of drug-likeness (QED) is 0.137. The van der Waals surface area contributed by atoms with Gasteiger partial charge in [0.15, 0.2) is 23.0 Å². The Morgan fingerprint density at radius 1 is 1.00 bits per heavy atom. The Bertz CT molecular complexity index is 1400. The molecule has 1 aliphatic heterocycles. The van der Waals surface area contributed by atoms with Crippen LogP contribution >= 0.6 is 11.8 Å². The van der Waals surface area contributed by atoms with Gasteiger partial charge in [0.25, 0.3) is 0 Å². The largest absolute Gasteiger partial charge is 0.473 e. The number of benzene rings is 3. The molecule has 2 atom stereocenters. The van der Waals surface area contributed by atoms with Crippen molar-refractivity contribution >= 4 is 29.6 Å². The van der Waals surface area contributed by atoms with Gasteiger partial charge in [-0.1, -0.05) is 36.4 Å². The van der Waals surface area contributed by atoms with Crippen molar-refractivity contribution < 1.29 is 33.0 Å². The average Bonchev–Trinajstić information content (AvgIpc) is 3.42. The van der Waals surface area contributed by atoms with Crippen LogP contribution in [0.4, 0.5) is 9.18 Å². The summed E-state index contributed by atoms with van der Waals surface area (Å²) in [5, 5.41) is 0. The fourth-order valence-corrected chi connectivity index (χ4v) is 5.40. The van der Waals surface area contributed by atoms with Crippen molar-refractivity contribution in [1.29, 1.82) is 0 Å². The number of halogens is 1. The number of para-hydroxylation sites is 1. The van der Waals surface area contributed by atoms with Crippen molar-refractivity contribution in [3.8, 4) is 11.5 Å². The molecular weight excluding hydrogens is 557 g/mol. The summed E-state index contributed by atoms with van der Waals surface area (Å²) in [5.74, 6) is -1.39. The first-order valence-electron chi connectivity index (χ1n) is 14.0. The zero-order valence-corrected chi connectivity index (χ0v) is 25.1. The van der Waals surface area contributed by atoms with Crippen molar-refractivity contribution in [2.45, 2.75) is 44.1 Å². The monoisotopic (exact) mass is 593 g/mol. The molecule has 0 radical (unpaired) electrons. The predicted octanol–water partition coefficient (Wildman–Crippen LogP) is 6.83. The molecule has 1 unspecified atom stereocenters. The van der Waals surface area contributed by atoms with Crippen LogP contribution in [0, 0.1) is 17.7 Å².